The second kappa shape index (κ2) is 9.58. The lowest BCUT2D eigenvalue weighted by Crippen LogP contribution is -2.33. The van der Waals surface area contributed by atoms with E-state index < -0.39 is 0 Å². The summed E-state index contributed by atoms with van der Waals surface area (Å²) >= 11 is 0. The van der Waals surface area contributed by atoms with E-state index in [-0.39, 0.29) is 30.6 Å². The summed E-state index contributed by atoms with van der Waals surface area (Å²) in [7, 11) is 3.59. The van der Waals surface area contributed by atoms with Crippen LogP contribution in [0.4, 0.5) is 0 Å². The predicted molar refractivity (Wildman–Crippen MR) is 117 cm³/mol. The summed E-state index contributed by atoms with van der Waals surface area (Å²) in [4.78, 5) is 15.6. The van der Waals surface area contributed by atoms with Gasteiger partial charge in [0.1, 0.15) is 5.75 Å². The second-order valence-electron chi connectivity index (χ2n) is 7.81. The monoisotopic (exact) mass is 426 g/mol. The third kappa shape index (κ3) is 4.34. The lowest BCUT2D eigenvalue weighted by atomic mass is 9.82. The first-order valence-corrected chi connectivity index (χ1v) is 10.7. The van der Waals surface area contributed by atoms with Gasteiger partial charge in [-0.25, -0.2) is 0 Å². The topological polar surface area (TPSA) is 69.3 Å². The standard InChI is InChI=1S/C24H30N2O5/c1-4-29-24(27)22-19(17-7-10-20-21(13-17)31-15-30-20)14-26(12-11-25-2)23(22)16-5-8-18(28-3)9-6-16/h5-10,13,19,22-23,25H,4,11-12,14-15H2,1-3H3/t19-,22+,23-/m1/s1. The van der Waals surface area contributed by atoms with E-state index in [4.69, 9.17) is 18.9 Å². The van der Waals surface area contributed by atoms with Gasteiger partial charge in [-0.1, -0.05) is 18.2 Å². The van der Waals surface area contributed by atoms with Crippen molar-refractivity contribution < 1.29 is 23.7 Å². The maximum absolute atomic E-state index is 13.2. The molecule has 3 atom stereocenters. The first-order chi connectivity index (χ1) is 15.2. The minimum absolute atomic E-state index is 0.0162. The average molecular weight is 427 g/mol. The van der Waals surface area contributed by atoms with Crippen LogP contribution in [-0.2, 0) is 9.53 Å². The van der Waals surface area contributed by atoms with Crippen molar-refractivity contribution in [3.63, 3.8) is 0 Å². The molecule has 7 heteroatoms. The fourth-order valence-electron chi connectivity index (χ4n) is 4.62. The van der Waals surface area contributed by atoms with Gasteiger partial charge in [0.05, 0.1) is 19.6 Å². The molecule has 4 rings (SSSR count). The zero-order valence-electron chi connectivity index (χ0n) is 18.3. The van der Waals surface area contributed by atoms with E-state index in [1.807, 2.05) is 56.4 Å². The number of hydrogen-bond acceptors (Lipinski definition) is 7. The van der Waals surface area contributed by atoms with Crippen LogP contribution in [-0.4, -0.2) is 58.1 Å². The molecule has 1 saturated heterocycles. The van der Waals surface area contributed by atoms with E-state index in [2.05, 4.69) is 10.2 Å². The molecule has 2 aliphatic heterocycles. The van der Waals surface area contributed by atoms with Crippen LogP contribution < -0.4 is 19.5 Å². The predicted octanol–water partition coefficient (Wildman–Crippen LogP) is 2.96. The summed E-state index contributed by atoms with van der Waals surface area (Å²) < 4.78 is 22.0. The molecule has 0 unspecified atom stereocenters. The van der Waals surface area contributed by atoms with E-state index in [1.54, 1.807) is 7.11 Å². The molecule has 2 heterocycles. The molecule has 0 radical (unpaired) electrons. The van der Waals surface area contributed by atoms with Crippen molar-refractivity contribution in [2.45, 2.75) is 18.9 Å². The van der Waals surface area contributed by atoms with Gasteiger partial charge in [0.15, 0.2) is 11.5 Å². The Kier molecular flexibility index (Phi) is 6.63. The highest BCUT2D eigenvalue weighted by Crippen LogP contribution is 2.48. The molecule has 0 aromatic heterocycles. The first-order valence-electron chi connectivity index (χ1n) is 10.7. The first kappa shape index (κ1) is 21.5. The number of ether oxygens (including phenoxy) is 4. The van der Waals surface area contributed by atoms with Crippen molar-refractivity contribution in [3.8, 4) is 17.2 Å². The normalized spacial score (nSPS) is 22.5. The number of nitrogens with one attached hydrogen (secondary N) is 1. The van der Waals surface area contributed by atoms with Gasteiger partial charge >= 0.3 is 5.97 Å². The minimum Gasteiger partial charge on any atom is -0.497 e. The highest BCUT2D eigenvalue weighted by molar-refractivity contribution is 5.76. The van der Waals surface area contributed by atoms with Crippen LogP contribution in [0.1, 0.15) is 30.0 Å². The van der Waals surface area contributed by atoms with E-state index in [1.165, 1.54) is 0 Å². The molecule has 166 valence electrons. The Balaban J connectivity index is 1.73. The van der Waals surface area contributed by atoms with Crippen LogP contribution in [0.2, 0.25) is 0 Å². The number of nitrogens with zero attached hydrogens (tertiary/aromatic N) is 1. The highest BCUT2D eigenvalue weighted by atomic mass is 16.7. The molecule has 1 N–H and O–H groups in total. The SMILES string of the molecule is CCOC(=O)[C@H]1[C@@H](c2ccc3c(c2)OCO3)CN(CCNC)[C@@H]1c1ccc(OC)cc1. The van der Waals surface area contributed by atoms with Gasteiger partial charge in [-0.3, -0.25) is 9.69 Å². The van der Waals surface area contributed by atoms with Crippen molar-refractivity contribution in [3.05, 3.63) is 53.6 Å². The molecule has 0 bridgehead atoms. The highest BCUT2D eigenvalue weighted by Gasteiger charge is 2.48. The molecule has 31 heavy (non-hydrogen) atoms. The number of esters is 1. The zero-order chi connectivity index (χ0) is 21.8. The Labute approximate surface area is 183 Å². The zero-order valence-corrected chi connectivity index (χ0v) is 18.3. The molecular formula is C24H30N2O5. The largest absolute Gasteiger partial charge is 0.497 e. The van der Waals surface area contributed by atoms with Gasteiger partial charge < -0.3 is 24.3 Å². The maximum atomic E-state index is 13.2. The molecular weight excluding hydrogens is 396 g/mol. The summed E-state index contributed by atoms with van der Waals surface area (Å²) in [6, 6.07) is 13.9. The number of likely N-dealkylation sites (tertiary alicyclic amines) is 1. The van der Waals surface area contributed by atoms with Crippen molar-refractivity contribution in [1.29, 1.82) is 0 Å². The van der Waals surface area contributed by atoms with Gasteiger partial charge in [-0.05, 0) is 49.4 Å². The number of carbonyl (C=O) groups is 1. The molecule has 0 aliphatic carbocycles. The Morgan fingerprint density at radius 3 is 2.58 bits per heavy atom. The Bertz CT molecular complexity index is 901. The van der Waals surface area contributed by atoms with Crippen LogP contribution in [0.5, 0.6) is 17.2 Å². The summed E-state index contributed by atoms with van der Waals surface area (Å²) in [6.45, 7) is 4.84. The lowest BCUT2D eigenvalue weighted by molar-refractivity contribution is -0.149. The summed E-state index contributed by atoms with van der Waals surface area (Å²) in [6.07, 6.45) is 0. The van der Waals surface area contributed by atoms with Crippen molar-refractivity contribution in [1.82, 2.24) is 10.2 Å². The Hall–Kier alpha value is -2.77. The third-order valence-corrected chi connectivity index (χ3v) is 6.09. The van der Waals surface area contributed by atoms with Gasteiger partial charge in [0.2, 0.25) is 6.79 Å². The van der Waals surface area contributed by atoms with Crippen molar-refractivity contribution >= 4 is 5.97 Å². The Morgan fingerprint density at radius 2 is 1.87 bits per heavy atom. The van der Waals surface area contributed by atoms with Crippen molar-refractivity contribution in [2.24, 2.45) is 5.92 Å². The van der Waals surface area contributed by atoms with Crippen LogP contribution in [0.25, 0.3) is 0 Å². The van der Waals surface area contributed by atoms with Crippen LogP contribution in [0, 0.1) is 5.92 Å². The molecule has 2 aliphatic rings. The third-order valence-electron chi connectivity index (χ3n) is 6.09. The number of fused-ring (bicyclic) bond motifs is 1. The van der Waals surface area contributed by atoms with Gasteiger partial charge in [0.25, 0.3) is 0 Å². The van der Waals surface area contributed by atoms with Gasteiger partial charge in [0, 0.05) is 31.6 Å². The van der Waals surface area contributed by atoms with Crippen LogP contribution >= 0.6 is 0 Å². The number of likely N-dealkylation sites (N-methyl/N-ethyl adjacent to an activating group) is 1. The molecule has 7 nitrogen and oxygen atoms in total. The van der Waals surface area contributed by atoms with Crippen molar-refractivity contribution in [2.75, 3.05) is 47.2 Å². The molecule has 2 aromatic rings. The lowest BCUT2D eigenvalue weighted by Gasteiger charge is -2.28. The average Bonchev–Trinajstić information content (AvgIpc) is 3.42. The molecule has 1 fully saturated rings. The smallest absolute Gasteiger partial charge is 0.311 e. The van der Waals surface area contributed by atoms with E-state index in [0.717, 1.165) is 48.0 Å². The molecule has 2 aromatic carbocycles. The minimum atomic E-state index is -0.328. The summed E-state index contributed by atoms with van der Waals surface area (Å²) in [5, 5.41) is 3.23. The Morgan fingerprint density at radius 1 is 1.13 bits per heavy atom. The molecule has 0 amide bonds. The summed E-state index contributed by atoms with van der Waals surface area (Å²) in [5.74, 6) is 1.76. The summed E-state index contributed by atoms with van der Waals surface area (Å²) in [5.41, 5.74) is 2.14. The van der Waals surface area contributed by atoms with E-state index >= 15 is 0 Å². The number of hydrogen-bond donors (Lipinski definition) is 1. The van der Waals surface area contributed by atoms with E-state index in [0.29, 0.717) is 6.61 Å². The fraction of sp³-hybridized carbons (Fsp3) is 0.458. The van der Waals surface area contributed by atoms with Crippen LogP contribution in [0.3, 0.4) is 0 Å². The number of benzene rings is 2. The van der Waals surface area contributed by atoms with Crippen LogP contribution in [0.15, 0.2) is 42.5 Å². The molecule has 0 saturated carbocycles. The molecule has 0 spiro atoms. The van der Waals surface area contributed by atoms with Gasteiger partial charge in [-0.2, -0.15) is 0 Å². The number of methoxy groups -OCH3 is 1. The number of carbonyl (C=O) groups excluding carboxylic acids is 1. The number of rotatable bonds is 8. The fourth-order valence-corrected chi connectivity index (χ4v) is 4.62. The quantitative estimate of drug-likeness (QED) is 0.651. The second-order valence-corrected chi connectivity index (χ2v) is 7.81. The maximum Gasteiger partial charge on any atom is 0.311 e. The van der Waals surface area contributed by atoms with E-state index in [9.17, 15) is 4.79 Å². The van der Waals surface area contributed by atoms with Gasteiger partial charge in [-0.15, -0.1) is 0 Å².